The van der Waals surface area contributed by atoms with E-state index < -0.39 is 0 Å². The molecule has 1 aliphatic rings. The number of imide groups is 1. The van der Waals surface area contributed by atoms with Crippen molar-refractivity contribution in [2.45, 2.75) is 0 Å². The molecular formula is C16H14N2O2S. The van der Waals surface area contributed by atoms with Gasteiger partial charge in [0.1, 0.15) is 0 Å². The van der Waals surface area contributed by atoms with Crippen LogP contribution in [0, 0.1) is 0 Å². The summed E-state index contributed by atoms with van der Waals surface area (Å²) >= 11 is 0.968. The summed E-state index contributed by atoms with van der Waals surface area (Å²) in [6, 6.07) is 13.9. The smallest absolute Gasteiger partial charge is 0.293 e. The molecule has 2 N–H and O–H groups in total. The molecule has 0 bridgehead atoms. The molecule has 0 radical (unpaired) electrons. The lowest BCUT2D eigenvalue weighted by Crippen LogP contribution is -2.33. The van der Waals surface area contributed by atoms with Gasteiger partial charge in [0.2, 0.25) is 0 Å². The zero-order valence-electron chi connectivity index (χ0n) is 11.3. The summed E-state index contributed by atoms with van der Waals surface area (Å²) in [4.78, 5) is 25.7. The Labute approximate surface area is 126 Å². The van der Waals surface area contributed by atoms with E-state index in [1.807, 2.05) is 42.5 Å². The quantitative estimate of drug-likeness (QED) is 0.885. The van der Waals surface area contributed by atoms with Gasteiger partial charge in [0, 0.05) is 13.1 Å². The first-order chi connectivity index (χ1) is 10.2. The number of thioether (sulfide) groups is 1. The van der Waals surface area contributed by atoms with Gasteiger partial charge in [0.05, 0.1) is 4.91 Å². The molecule has 0 aliphatic carbocycles. The molecule has 2 amide bonds. The molecular weight excluding hydrogens is 284 g/mol. The van der Waals surface area contributed by atoms with Gasteiger partial charge in [-0.1, -0.05) is 42.5 Å². The molecule has 2 aromatic carbocycles. The van der Waals surface area contributed by atoms with E-state index in [9.17, 15) is 9.59 Å². The van der Waals surface area contributed by atoms with Gasteiger partial charge in [0.25, 0.3) is 11.1 Å². The first-order valence-electron chi connectivity index (χ1n) is 6.64. The summed E-state index contributed by atoms with van der Waals surface area (Å²) in [7, 11) is 0. The maximum atomic E-state index is 12.2. The Morgan fingerprint density at radius 3 is 2.67 bits per heavy atom. The minimum Gasteiger partial charge on any atom is -0.329 e. The van der Waals surface area contributed by atoms with Crippen molar-refractivity contribution in [3.05, 3.63) is 52.9 Å². The zero-order chi connectivity index (χ0) is 14.8. The van der Waals surface area contributed by atoms with Crippen LogP contribution in [0.5, 0.6) is 0 Å². The Kier molecular flexibility index (Phi) is 3.77. The van der Waals surface area contributed by atoms with Crippen LogP contribution in [0.2, 0.25) is 0 Å². The molecule has 3 rings (SSSR count). The fraction of sp³-hybridized carbons (Fsp3) is 0.125. The van der Waals surface area contributed by atoms with Crippen LogP contribution in [0.15, 0.2) is 47.4 Å². The van der Waals surface area contributed by atoms with Gasteiger partial charge in [-0.25, -0.2) is 0 Å². The van der Waals surface area contributed by atoms with Crippen LogP contribution in [0.3, 0.4) is 0 Å². The van der Waals surface area contributed by atoms with E-state index >= 15 is 0 Å². The maximum Gasteiger partial charge on any atom is 0.293 e. The van der Waals surface area contributed by atoms with Crippen molar-refractivity contribution in [3.63, 3.8) is 0 Å². The summed E-state index contributed by atoms with van der Waals surface area (Å²) in [5.74, 6) is -0.261. The van der Waals surface area contributed by atoms with Crippen LogP contribution < -0.4 is 5.73 Å². The van der Waals surface area contributed by atoms with E-state index in [4.69, 9.17) is 5.73 Å². The minimum absolute atomic E-state index is 0.253. The van der Waals surface area contributed by atoms with Crippen LogP contribution in [0.4, 0.5) is 4.79 Å². The fourth-order valence-corrected chi connectivity index (χ4v) is 3.20. The molecule has 1 fully saturated rings. The zero-order valence-corrected chi connectivity index (χ0v) is 12.1. The summed E-state index contributed by atoms with van der Waals surface area (Å²) in [5, 5.41) is 1.91. The highest BCUT2D eigenvalue weighted by molar-refractivity contribution is 8.18. The van der Waals surface area contributed by atoms with E-state index in [-0.39, 0.29) is 24.2 Å². The molecule has 0 unspecified atom stereocenters. The van der Waals surface area contributed by atoms with Crippen molar-refractivity contribution in [3.8, 4) is 0 Å². The van der Waals surface area contributed by atoms with E-state index in [1.54, 1.807) is 6.08 Å². The van der Waals surface area contributed by atoms with Crippen molar-refractivity contribution < 1.29 is 9.59 Å². The fourth-order valence-electron chi connectivity index (χ4n) is 2.34. The Balaban J connectivity index is 2.01. The maximum absolute atomic E-state index is 12.2. The van der Waals surface area contributed by atoms with Crippen LogP contribution in [0.25, 0.3) is 16.8 Å². The first kappa shape index (κ1) is 13.9. The van der Waals surface area contributed by atoms with Crippen LogP contribution in [0.1, 0.15) is 5.56 Å². The Hall–Kier alpha value is -2.11. The molecule has 0 atom stereocenters. The van der Waals surface area contributed by atoms with E-state index in [1.165, 1.54) is 4.90 Å². The average molecular weight is 298 g/mol. The predicted octanol–water partition coefficient (Wildman–Crippen LogP) is 2.83. The number of hydrogen-bond acceptors (Lipinski definition) is 4. The lowest BCUT2D eigenvalue weighted by molar-refractivity contribution is -0.122. The molecule has 4 nitrogen and oxygen atoms in total. The number of nitrogens with two attached hydrogens (primary N) is 1. The molecule has 1 saturated heterocycles. The summed E-state index contributed by atoms with van der Waals surface area (Å²) in [6.07, 6.45) is 1.78. The monoisotopic (exact) mass is 298 g/mol. The lowest BCUT2D eigenvalue weighted by Gasteiger charge is -2.09. The highest BCUT2D eigenvalue weighted by Gasteiger charge is 2.34. The molecule has 1 aliphatic heterocycles. The van der Waals surface area contributed by atoms with Crippen molar-refractivity contribution in [1.82, 2.24) is 4.90 Å². The second-order valence-electron chi connectivity index (χ2n) is 4.69. The Morgan fingerprint density at radius 1 is 1.10 bits per heavy atom. The largest absolute Gasteiger partial charge is 0.329 e. The van der Waals surface area contributed by atoms with Crippen LogP contribution in [-0.4, -0.2) is 29.1 Å². The molecule has 21 heavy (non-hydrogen) atoms. The second kappa shape index (κ2) is 5.71. The van der Waals surface area contributed by atoms with Gasteiger partial charge in [-0.3, -0.25) is 14.5 Å². The molecule has 0 spiro atoms. The van der Waals surface area contributed by atoms with Crippen molar-refractivity contribution in [1.29, 1.82) is 0 Å². The highest BCUT2D eigenvalue weighted by Crippen LogP contribution is 2.33. The number of hydrogen-bond donors (Lipinski definition) is 1. The van der Waals surface area contributed by atoms with E-state index in [2.05, 4.69) is 0 Å². The van der Waals surface area contributed by atoms with Crippen molar-refractivity contribution in [2.24, 2.45) is 5.73 Å². The molecule has 2 aromatic rings. The third kappa shape index (κ3) is 2.57. The predicted molar refractivity (Wildman–Crippen MR) is 85.7 cm³/mol. The van der Waals surface area contributed by atoms with Crippen LogP contribution in [-0.2, 0) is 4.79 Å². The number of fused-ring (bicyclic) bond motifs is 1. The van der Waals surface area contributed by atoms with Gasteiger partial charge in [-0.15, -0.1) is 0 Å². The molecule has 106 valence electrons. The first-order valence-corrected chi connectivity index (χ1v) is 7.45. The highest BCUT2D eigenvalue weighted by atomic mass is 32.2. The van der Waals surface area contributed by atoms with Crippen molar-refractivity contribution in [2.75, 3.05) is 13.1 Å². The molecule has 0 aromatic heterocycles. The van der Waals surface area contributed by atoms with E-state index in [0.29, 0.717) is 4.91 Å². The van der Waals surface area contributed by atoms with Gasteiger partial charge < -0.3 is 5.73 Å². The molecule has 5 heteroatoms. The second-order valence-corrected chi connectivity index (χ2v) is 5.68. The third-order valence-corrected chi connectivity index (χ3v) is 4.24. The van der Waals surface area contributed by atoms with Crippen LogP contribution >= 0.6 is 11.8 Å². The number of amides is 2. The Morgan fingerprint density at radius 2 is 1.86 bits per heavy atom. The number of carbonyl (C=O) groups is 2. The number of nitrogens with zero attached hydrogens (tertiary/aromatic N) is 1. The normalized spacial score (nSPS) is 17.2. The Bertz CT molecular complexity index is 750. The van der Waals surface area contributed by atoms with Gasteiger partial charge >= 0.3 is 0 Å². The topological polar surface area (TPSA) is 63.4 Å². The number of benzene rings is 2. The number of carbonyl (C=O) groups excluding carboxylic acids is 2. The van der Waals surface area contributed by atoms with Gasteiger partial charge in [-0.2, -0.15) is 0 Å². The minimum atomic E-state index is -0.261. The molecule has 0 saturated carbocycles. The summed E-state index contributed by atoms with van der Waals surface area (Å²) in [6.45, 7) is 0.539. The summed E-state index contributed by atoms with van der Waals surface area (Å²) in [5.41, 5.74) is 6.37. The standard InChI is InChI=1S/C16H14N2O2S/c17-8-9-18-15(19)14(21-16(18)20)10-12-6-3-5-11-4-1-2-7-13(11)12/h1-7,10H,8-9,17H2/b14-10-. The number of rotatable bonds is 3. The lowest BCUT2D eigenvalue weighted by atomic mass is 10.0. The van der Waals surface area contributed by atoms with Crippen molar-refractivity contribution >= 4 is 39.8 Å². The SMILES string of the molecule is NCCN1C(=O)S/C(=C\c2cccc3ccccc23)C1=O. The van der Waals surface area contributed by atoms with Gasteiger partial charge in [0.15, 0.2) is 0 Å². The molecule has 1 heterocycles. The van der Waals surface area contributed by atoms with E-state index in [0.717, 1.165) is 28.1 Å². The van der Waals surface area contributed by atoms with Gasteiger partial charge in [-0.05, 0) is 34.2 Å². The third-order valence-electron chi connectivity index (χ3n) is 3.34. The summed E-state index contributed by atoms with van der Waals surface area (Å²) < 4.78 is 0. The average Bonchev–Trinajstić information content (AvgIpc) is 2.76.